The van der Waals surface area contributed by atoms with Gasteiger partial charge in [0.1, 0.15) is 23.7 Å². The van der Waals surface area contributed by atoms with Gasteiger partial charge < -0.3 is 29.7 Å². The smallest absolute Gasteiger partial charge is 0.427 e. The van der Waals surface area contributed by atoms with Gasteiger partial charge in [0.25, 0.3) is 5.91 Å². The van der Waals surface area contributed by atoms with Crippen molar-refractivity contribution in [1.29, 1.82) is 0 Å². The number of hydrogen-bond acceptors (Lipinski definition) is 10. The number of pyridine rings is 1. The van der Waals surface area contributed by atoms with Crippen molar-refractivity contribution < 1.29 is 59.4 Å². The van der Waals surface area contributed by atoms with E-state index in [2.05, 4.69) is 20.3 Å². The maximum Gasteiger partial charge on any atom is 0.427 e. The summed E-state index contributed by atoms with van der Waals surface area (Å²) in [5.41, 5.74) is -4.59. The minimum atomic E-state index is -4.94. The van der Waals surface area contributed by atoms with Crippen LogP contribution in [0.4, 0.5) is 22.4 Å². The van der Waals surface area contributed by atoms with E-state index in [-0.39, 0.29) is 48.9 Å². The third kappa shape index (κ3) is 9.09. The molecule has 7 atom stereocenters. The quantitative estimate of drug-likeness (QED) is 0.217. The fourth-order valence-electron chi connectivity index (χ4n) is 7.71. The Morgan fingerprint density at radius 1 is 1.12 bits per heavy atom. The van der Waals surface area contributed by atoms with E-state index in [1.807, 2.05) is 13.0 Å². The second kappa shape index (κ2) is 16.1. The standard InChI is InChI=1S/C40H51F4N5O9S/c1-7-56-30-17-24-12-15-45-33(27(24)19-28(30)41)57-26-18-29-32(50)47-39(35(52)48-59(54,55)38(6)13-14-38)20-25(39)11-9-8-10-22(2)16-23(3)31(34(51)49(29)21-26)46-36(53)58-37(4,5)40(42,43)44/h9,11-12,15,17,19,22-23,25-26,29,31H,7-8,10,13-14,16,18,20-21H2,1-6H3,(H,46,53)(H,47,50)(H,48,52)/b11-9-/t22-,23-,25?,26-,29+,31+,39-/m1/s1. The molecule has 2 aliphatic heterocycles. The van der Waals surface area contributed by atoms with Crippen LogP contribution in [0.25, 0.3) is 10.8 Å². The van der Waals surface area contributed by atoms with Gasteiger partial charge in [-0.1, -0.05) is 26.0 Å². The van der Waals surface area contributed by atoms with Gasteiger partial charge in [-0.3, -0.25) is 19.1 Å². The molecule has 6 rings (SSSR count). The second-order valence-electron chi connectivity index (χ2n) is 17.0. The number of carbonyl (C=O) groups is 4. The minimum absolute atomic E-state index is 0.00976. The normalized spacial score (nSPS) is 29.2. The average Bonchev–Trinajstić information content (AvgIpc) is 4.02. The van der Waals surface area contributed by atoms with Crippen molar-refractivity contribution in [2.75, 3.05) is 13.2 Å². The average molecular weight is 854 g/mol. The third-order valence-electron chi connectivity index (χ3n) is 11.9. The number of aromatic nitrogens is 1. The van der Waals surface area contributed by atoms with Crippen LogP contribution < -0.4 is 24.8 Å². The largest absolute Gasteiger partial charge is 0.491 e. The van der Waals surface area contributed by atoms with E-state index < -0.39 is 91.7 Å². The number of carbonyl (C=O) groups excluding carboxylic acids is 4. The molecule has 2 aliphatic carbocycles. The van der Waals surface area contributed by atoms with Crippen molar-refractivity contribution >= 4 is 44.6 Å². The topological polar surface area (TPSA) is 182 Å². The summed E-state index contributed by atoms with van der Waals surface area (Å²) < 4.78 is 100. The lowest BCUT2D eigenvalue weighted by Crippen LogP contribution is -2.59. The van der Waals surface area contributed by atoms with Crippen LogP contribution in [0, 0.1) is 23.6 Å². The predicted octanol–water partition coefficient (Wildman–Crippen LogP) is 5.44. The van der Waals surface area contributed by atoms with Crippen LogP contribution in [0.1, 0.15) is 86.5 Å². The fraction of sp³-hybridized carbons (Fsp3) is 0.625. The fourth-order valence-corrected chi connectivity index (χ4v) is 9.02. The molecule has 0 spiro atoms. The highest BCUT2D eigenvalue weighted by atomic mass is 32.2. The number of fused-ring (bicyclic) bond motifs is 3. The van der Waals surface area contributed by atoms with E-state index in [1.54, 1.807) is 26.0 Å². The number of sulfonamides is 1. The molecule has 0 radical (unpaired) electrons. The Hall–Kier alpha value is -4.68. The van der Waals surface area contributed by atoms with E-state index in [1.165, 1.54) is 25.3 Å². The number of alkyl halides is 3. The number of nitrogens with zero attached hydrogens (tertiary/aromatic N) is 2. The van der Waals surface area contributed by atoms with Crippen LogP contribution in [0.3, 0.4) is 0 Å². The molecule has 19 heteroatoms. The lowest BCUT2D eigenvalue weighted by Gasteiger charge is -2.34. The van der Waals surface area contributed by atoms with E-state index in [4.69, 9.17) is 14.2 Å². The molecule has 2 aromatic rings. The Labute approximate surface area is 340 Å². The van der Waals surface area contributed by atoms with Gasteiger partial charge >= 0.3 is 12.3 Å². The van der Waals surface area contributed by atoms with Crippen molar-refractivity contribution in [3.8, 4) is 11.6 Å². The zero-order valence-electron chi connectivity index (χ0n) is 33.8. The van der Waals surface area contributed by atoms with Gasteiger partial charge in [0.15, 0.2) is 11.6 Å². The predicted molar refractivity (Wildman–Crippen MR) is 206 cm³/mol. The first-order valence-corrected chi connectivity index (χ1v) is 21.3. The van der Waals surface area contributed by atoms with Crippen LogP contribution in [-0.2, 0) is 29.1 Å². The van der Waals surface area contributed by atoms with Gasteiger partial charge in [0, 0.05) is 23.9 Å². The minimum Gasteiger partial charge on any atom is -0.491 e. The maximum atomic E-state index is 15.1. The Morgan fingerprint density at radius 2 is 1.83 bits per heavy atom. The summed E-state index contributed by atoms with van der Waals surface area (Å²) in [7, 11) is -4.10. The zero-order chi connectivity index (χ0) is 43.3. The Kier molecular flexibility index (Phi) is 11.9. The van der Waals surface area contributed by atoms with Crippen LogP contribution in [0.5, 0.6) is 11.6 Å². The van der Waals surface area contributed by atoms with E-state index in [0.29, 0.717) is 51.3 Å². The van der Waals surface area contributed by atoms with Crippen LogP contribution in [-0.4, -0.2) is 95.5 Å². The summed E-state index contributed by atoms with van der Waals surface area (Å²) in [6, 6.07) is 1.40. The van der Waals surface area contributed by atoms with Crippen molar-refractivity contribution in [3.05, 3.63) is 42.4 Å². The number of ether oxygens (including phenoxy) is 3. The van der Waals surface area contributed by atoms with E-state index in [0.717, 1.165) is 4.90 Å². The first kappa shape index (κ1) is 43.9. The van der Waals surface area contributed by atoms with Crippen molar-refractivity contribution in [2.24, 2.45) is 17.8 Å². The molecule has 4 aliphatic rings. The highest BCUT2D eigenvalue weighted by Gasteiger charge is 2.63. The molecule has 0 bridgehead atoms. The highest BCUT2D eigenvalue weighted by Crippen LogP contribution is 2.48. The Morgan fingerprint density at radius 3 is 2.49 bits per heavy atom. The summed E-state index contributed by atoms with van der Waals surface area (Å²) in [5, 5.41) is 5.89. The zero-order valence-corrected chi connectivity index (χ0v) is 34.6. The lowest BCUT2D eigenvalue weighted by molar-refractivity contribution is -0.244. The summed E-state index contributed by atoms with van der Waals surface area (Å²) in [5.74, 6) is -4.62. The molecular weight excluding hydrogens is 803 g/mol. The third-order valence-corrected chi connectivity index (χ3v) is 14.1. The summed E-state index contributed by atoms with van der Waals surface area (Å²) in [6.45, 7) is 8.05. The molecular formula is C40H51F4N5O9S. The van der Waals surface area contributed by atoms with Gasteiger partial charge in [-0.25, -0.2) is 22.6 Å². The molecule has 1 unspecified atom stereocenters. The summed E-state index contributed by atoms with van der Waals surface area (Å²) in [4.78, 5) is 61.7. The van der Waals surface area contributed by atoms with Crippen LogP contribution >= 0.6 is 0 Å². The number of rotatable bonds is 9. The number of halogens is 4. The first-order chi connectivity index (χ1) is 27.5. The van der Waals surface area contributed by atoms with Crippen molar-refractivity contribution in [1.82, 2.24) is 25.2 Å². The second-order valence-corrected chi connectivity index (χ2v) is 19.2. The summed E-state index contributed by atoms with van der Waals surface area (Å²) >= 11 is 0. The molecule has 14 nitrogen and oxygen atoms in total. The van der Waals surface area contributed by atoms with Gasteiger partial charge in [-0.05, 0) is 102 Å². The number of hydrogen-bond donors (Lipinski definition) is 3. The molecule has 324 valence electrons. The first-order valence-electron chi connectivity index (χ1n) is 19.8. The summed E-state index contributed by atoms with van der Waals surface area (Å²) in [6.07, 6.45) is -0.376. The molecule has 3 N–H and O–H groups in total. The monoisotopic (exact) mass is 853 g/mol. The van der Waals surface area contributed by atoms with Crippen molar-refractivity contribution in [2.45, 2.75) is 127 Å². The molecule has 4 amide bonds. The molecule has 1 aromatic heterocycles. The van der Waals surface area contributed by atoms with Crippen LogP contribution in [0.2, 0.25) is 0 Å². The SMILES string of the molecule is CCOc1cc2ccnc(O[C@@H]3C[C@H]4C(=O)N[C@]5(C(=O)NS(=O)(=O)C6(C)CC6)CC5/C=C\CC[C@@H](C)C[C@@H](C)[C@H](NC(=O)OC(C)(C)C(F)(F)F)C(=O)N4C3)c2cc1F. The van der Waals surface area contributed by atoms with Gasteiger partial charge in [-0.15, -0.1) is 0 Å². The van der Waals surface area contributed by atoms with Gasteiger partial charge in [-0.2, -0.15) is 13.2 Å². The van der Waals surface area contributed by atoms with E-state index >= 15 is 4.39 Å². The van der Waals surface area contributed by atoms with Crippen LogP contribution in [0.15, 0.2) is 36.5 Å². The Bertz CT molecular complexity index is 2130. The molecule has 2 saturated carbocycles. The lowest BCUT2D eigenvalue weighted by atomic mass is 9.88. The molecule has 3 heterocycles. The number of amides is 4. The maximum absolute atomic E-state index is 15.1. The number of allylic oxidation sites excluding steroid dienone is 1. The highest BCUT2D eigenvalue weighted by molar-refractivity contribution is 7.91. The number of alkyl carbamates (subject to hydrolysis) is 1. The molecule has 1 saturated heterocycles. The van der Waals surface area contributed by atoms with E-state index in [9.17, 15) is 40.8 Å². The molecule has 1 aromatic carbocycles. The number of benzene rings is 1. The Balaban J connectivity index is 1.36. The molecule has 59 heavy (non-hydrogen) atoms. The molecule has 3 fully saturated rings. The number of nitrogens with one attached hydrogen (secondary N) is 3. The van der Waals surface area contributed by atoms with Gasteiger partial charge in [0.05, 0.1) is 17.9 Å². The van der Waals surface area contributed by atoms with Crippen molar-refractivity contribution in [3.63, 3.8) is 0 Å². The van der Waals surface area contributed by atoms with Gasteiger partial charge in [0.2, 0.25) is 33.3 Å².